The molecule has 1 aromatic rings. The van der Waals surface area contributed by atoms with Crippen LogP contribution < -0.4 is 5.32 Å². The fourth-order valence-corrected chi connectivity index (χ4v) is 1.84. The second kappa shape index (κ2) is 3.61. The van der Waals surface area contributed by atoms with Gasteiger partial charge in [0.2, 0.25) is 5.91 Å². The molecule has 0 spiro atoms. The minimum Gasteiger partial charge on any atom is -0.475 e. The van der Waals surface area contributed by atoms with Crippen molar-refractivity contribution in [2.75, 3.05) is 5.32 Å². The molecule has 0 radical (unpaired) electrons. The number of hydrogen-bond donors (Lipinski definition) is 2. The van der Waals surface area contributed by atoms with E-state index in [2.05, 4.69) is 5.32 Å². The number of aliphatic carboxylic acids is 1. The number of fused-ring (bicyclic) bond motifs is 1. The number of Topliss-reactive ketones (excluding diaryl/α,β-unsaturated/α-hetero) is 1. The fraction of sp³-hybridized carbons (Fsp3) is 0.100. The third-order valence-corrected chi connectivity index (χ3v) is 2.46. The number of nitrogens with one attached hydrogen (secondary N) is 1. The maximum absolute atomic E-state index is 11.4. The summed E-state index contributed by atoms with van der Waals surface area (Å²) in [6.45, 7) is 0. The zero-order valence-electron chi connectivity index (χ0n) is 7.91. The van der Waals surface area contributed by atoms with E-state index in [9.17, 15) is 14.4 Å². The van der Waals surface area contributed by atoms with Crippen molar-refractivity contribution < 1.29 is 19.5 Å². The number of carboxylic acid groups (broad SMARTS) is 1. The van der Waals surface area contributed by atoms with Crippen LogP contribution in [0.5, 0.6) is 0 Å². The molecule has 0 aliphatic carbocycles. The van der Waals surface area contributed by atoms with E-state index in [-0.39, 0.29) is 28.6 Å². The van der Waals surface area contributed by atoms with Crippen LogP contribution in [0, 0.1) is 0 Å². The number of rotatable bonds is 2. The van der Waals surface area contributed by atoms with Gasteiger partial charge in [0, 0.05) is 5.02 Å². The van der Waals surface area contributed by atoms with E-state index in [1.807, 2.05) is 0 Å². The van der Waals surface area contributed by atoms with Crippen LogP contribution in [0.2, 0.25) is 5.02 Å². The maximum atomic E-state index is 11.4. The normalized spacial score (nSPS) is 13.2. The van der Waals surface area contributed by atoms with Gasteiger partial charge >= 0.3 is 5.97 Å². The van der Waals surface area contributed by atoms with Crippen molar-refractivity contribution in [1.29, 1.82) is 0 Å². The van der Waals surface area contributed by atoms with Gasteiger partial charge in [-0.3, -0.25) is 9.59 Å². The van der Waals surface area contributed by atoms with Crippen LogP contribution in [-0.4, -0.2) is 22.8 Å². The SMILES string of the molecule is O=C1Cc2cc(Cl)cc(C(=O)C(=O)O)c2N1. The van der Waals surface area contributed by atoms with Gasteiger partial charge in [-0.15, -0.1) is 0 Å². The molecule has 16 heavy (non-hydrogen) atoms. The zero-order valence-corrected chi connectivity index (χ0v) is 8.67. The van der Waals surface area contributed by atoms with E-state index in [0.29, 0.717) is 5.56 Å². The van der Waals surface area contributed by atoms with Crippen LogP contribution in [0.15, 0.2) is 12.1 Å². The molecule has 1 aliphatic rings. The van der Waals surface area contributed by atoms with Gasteiger partial charge < -0.3 is 10.4 Å². The average Bonchev–Trinajstić information content (AvgIpc) is 2.55. The van der Waals surface area contributed by atoms with E-state index < -0.39 is 11.8 Å². The Labute approximate surface area is 95.0 Å². The second-order valence-electron chi connectivity index (χ2n) is 3.35. The summed E-state index contributed by atoms with van der Waals surface area (Å²) in [5.74, 6) is -2.94. The van der Waals surface area contributed by atoms with E-state index in [1.54, 1.807) is 0 Å². The third kappa shape index (κ3) is 1.65. The third-order valence-electron chi connectivity index (χ3n) is 2.24. The maximum Gasteiger partial charge on any atom is 0.377 e. The highest BCUT2D eigenvalue weighted by atomic mass is 35.5. The van der Waals surface area contributed by atoms with Gasteiger partial charge in [-0.25, -0.2) is 4.79 Å². The van der Waals surface area contributed by atoms with Gasteiger partial charge in [-0.2, -0.15) is 0 Å². The number of hydrogen-bond acceptors (Lipinski definition) is 3. The van der Waals surface area contributed by atoms with Crippen LogP contribution in [0.4, 0.5) is 5.69 Å². The number of carbonyl (C=O) groups is 3. The number of carbonyl (C=O) groups excluding carboxylic acids is 2. The Bertz CT molecular complexity index is 524. The molecule has 2 N–H and O–H groups in total. The number of carboxylic acids is 1. The van der Waals surface area contributed by atoms with E-state index >= 15 is 0 Å². The first-order chi connectivity index (χ1) is 7.49. The Balaban J connectivity index is 2.59. The molecule has 0 bridgehead atoms. The molecular weight excluding hydrogens is 234 g/mol. The number of ketones is 1. The van der Waals surface area contributed by atoms with Crippen molar-refractivity contribution in [1.82, 2.24) is 0 Å². The first kappa shape index (κ1) is 10.6. The molecule has 1 amide bonds. The summed E-state index contributed by atoms with van der Waals surface area (Å²) >= 11 is 5.74. The quantitative estimate of drug-likeness (QED) is 0.598. The first-order valence-corrected chi connectivity index (χ1v) is 4.76. The summed E-state index contributed by atoms with van der Waals surface area (Å²) in [6, 6.07) is 2.77. The molecule has 6 heteroatoms. The molecule has 1 aliphatic heterocycles. The molecule has 1 aromatic carbocycles. The van der Waals surface area contributed by atoms with Crippen LogP contribution in [0.3, 0.4) is 0 Å². The standard InChI is InChI=1S/C10H6ClNO4/c11-5-1-4-2-7(13)12-8(4)6(3-5)9(14)10(15)16/h1,3H,2H2,(H,12,13)(H,15,16). The molecular formula is C10H6ClNO4. The summed E-state index contributed by atoms with van der Waals surface area (Å²) in [4.78, 5) is 33.1. The summed E-state index contributed by atoms with van der Waals surface area (Å²) in [5, 5.41) is 11.3. The Hall–Kier alpha value is -1.88. The topological polar surface area (TPSA) is 83.5 Å². The van der Waals surface area contributed by atoms with Crippen molar-refractivity contribution >= 4 is 34.9 Å². The molecule has 0 atom stereocenters. The Morgan fingerprint density at radius 2 is 2.06 bits per heavy atom. The summed E-state index contributed by atoms with van der Waals surface area (Å²) < 4.78 is 0. The molecule has 0 unspecified atom stereocenters. The molecule has 5 nitrogen and oxygen atoms in total. The predicted molar refractivity (Wildman–Crippen MR) is 55.8 cm³/mol. The second-order valence-corrected chi connectivity index (χ2v) is 3.78. The van der Waals surface area contributed by atoms with Crippen molar-refractivity contribution in [3.05, 3.63) is 28.3 Å². The number of benzene rings is 1. The van der Waals surface area contributed by atoms with E-state index in [0.717, 1.165) is 0 Å². The van der Waals surface area contributed by atoms with Gasteiger partial charge in [0.05, 0.1) is 17.7 Å². The van der Waals surface area contributed by atoms with Gasteiger partial charge in [0.15, 0.2) is 0 Å². The number of halogens is 1. The fourth-order valence-electron chi connectivity index (χ4n) is 1.60. The first-order valence-electron chi connectivity index (χ1n) is 4.39. The van der Waals surface area contributed by atoms with Gasteiger partial charge in [0.25, 0.3) is 5.78 Å². The van der Waals surface area contributed by atoms with Gasteiger partial charge in [-0.05, 0) is 17.7 Å². The Morgan fingerprint density at radius 1 is 1.38 bits per heavy atom. The highest BCUT2D eigenvalue weighted by molar-refractivity contribution is 6.42. The molecule has 0 saturated carbocycles. The predicted octanol–water partition coefficient (Wildman–Crippen LogP) is 1.10. The lowest BCUT2D eigenvalue weighted by atomic mass is 10.0. The molecule has 0 saturated heterocycles. The Morgan fingerprint density at radius 3 is 2.69 bits per heavy atom. The minimum atomic E-state index is -1.58. The molecule has 1 heterocycles. The summed E-state index contributed by atoms with van der Waals surface area (Å²) in [6.07, 6.45) is 0.107. The molecule has 2 rings (SSSR count). The smallest absolute Gasteiger partial charge is 0.377 e. The largest absolute Gasteiger partial charge is 0.475 e. The van der Waals surface area contributed by atoms with Crippen molar-refractivity contribution in [2.24, 2.45) is 0 Å². The van der Waals surface area contributed by atoms with Gasteiger partial charge in [-0.1, -0.05) is 11.6 Å². The van der Waals surface area contributed by atoms with E-state index in [4.69, 9.17) is 16.7 Å². The Kier molecular flexibility index (Phi) is 2.40. The summed E-state index contributed by atoms with van der Waals surface area (Å²) in [5.41, 5.74) is 0.713. The van der Waals surface area contributed by atoms with Crippen LogP contribution in [0.25, 0.3) is 0 Å². The molecule has 0 aromatic heterocycles. The highest BCUT2D eigenvalue weighted by Gasteiger charge is 2.27. The minimum absolute atomic E-state index is 0.0825. The lowest BCUT2D eigenvalue weighted by Crippen LogP contribution is -2.15. The van der Waals surface area contributed by atoms with Gasteiger partial charge in [0.1, 0.15) is 0 Å². The molecule has 82 valence electrons. The lowest BCUT2D eigenvalue weighted by molar-refractivity contribution is -0.131. The monoisotopic (exact) mass is 239 g/mol. The van der Waals surface area contributed by atoms with Crippen LogP contribution >= 0.6 is 11.6 Å². The summed E-state index contributed by atoms with van der Waals surface area (Å²) in [7, 11) is 0. The van der Waals surface area contributed by atoms with Crippen molar-refractivity contribution in [3.63, 3.8) is 0 Å². The lowest BCUT2D eigenvalue weighted by Gasteiger charge is -2.05. The zero-order chi connectivity index (χ0) is 11.9. The van der Waals surface area contributed by atoms with Crippen LogP contribution in [0.1, 0.15) is 15.9 Å². The van der Waals surface area contributed by atoms with E-state index in [1.165, 1.54) is 12.1 Å². The number of amides is 1. The average molecular weight is 240 g/mol. The van der Waals surface area contributed by atoms with Crippen molar-refractivity contribution in [2.45, 2.75) is 6.42 Å². The highest BCUT2D eigenvalue weighted by Crippen LogP contribution is 2.31. The number of anilines is 1. The molecule has 0 fully saturated rings. The van der Waals surface area contributed by atoms with Crippen LogP contribution in [-0.2, 0) is 16.0 Å². The van der Waals surface area contributed by atoms with Crippen molar-refractivity contribution in [3.8, 4) is 0 Å².